The van der Waals surface area contributed by atoms with Crippen molar-refractivity contribution in [1.82, 2.24) is 4.90 Å². The number of amides is 1. The molecule has 0 aliphatic carbocycles. The van der Waals surface area contributed by atoms with Crippen LogP contribution in [0.3, 0.4) is 0 Å². The number of carbonyl (C=O) groups excluding carboxylic acids is 1. The Kier molecular flexibility index (Phi) is 6.82. The van der Waals surface area contributed by atoms with Gasteiger partial charge in [-0.25, -0.2) is 0 Å². The van der Waals surface area contributed by atoms with Gasteiger partial charge in [0.15, 0.2) is 0 Å². The molecule has 0 fully saturated rings. The van der Waals surface area contributed by atoms with Crippen LogP contribution in [-0.4, -0.2) is 17.4 Å². The molecule has 0 saturated carbocycles. The number of hydrogen-bond donors (Lipinski definition) is 0. The van der Waals surface area contributed by atoms with Crippen LogP contribution in [0.5, 0.6) is 0 Å². The molecule has 0 radical (unpaired) electrons. The number of alkyl halides is 3. The van der Waals surface area contributed by atoms with Crippen molar-refractivity contribution in [3.05, 3.63) is 93.6 Å². The molecule has 3 aromatic rings. The number of nitrogens with zero attached hydrogens (tertiary/aromatic N) is 1. The standard InChI is InChI=1S/C18H16F3NOS.C5H6O/c1-2-3-16(23)22-10-8-15-14(9-11-24-15)17(22)12-4-6-13(7-5-12)18(19,20)21;1-5-3-2-4-6-5/h2-7,9,11,17H,8,10H2,1H3;2-4H,1H3/b3-2+;. The van der Waals surface area contributed by atoms with E-state index in [9.17, 15) is 18.0 Å². The molecule has 4 rings (SSSR count). The summed E-state index contributed by atoms with van der Waals surface area (Å²) in [6.07, 6.45) is 1.24. The molecule has 30 heavy (non-hydrogen) atoms. The minimum Gasteiger partial charge on any atom is -0.470 e. The number of aryl methyl sites for hydroxylation is 1. The first kappa shape index (κ1) is 21.9. The van der Waals surface area contributed by atoms with Gasteiger partial charge in [-0.05, 0) is 73.2 Å². The number of allylic oxidation sites excluding steroid dienone is 1. The van der Waals surface area contributed by atoms with E-state index < -0.39 is 11.7 Å². The van der Waals surface area contributed by atoms with E-state index in [1.807, 2.05) is 30.5 Å². The molecule has 3 nitrogen and oxygen atoms in total. The lowest BCUT2D eigenvalue weighted by Gasteiger charge is -2.35. The van der Waals surface area contributed by atoms with Crippen LogP contribution in [0, 0.1) is 6.92 Å². The van der Waals surface area contributed by atoms with Gasteiger partial charge in [-0.1, -0.05) is 18.2 Å². The summed E-state index contributed by atoms with van der Waals surface area (Å²) in [4.78, 5) is 15.3. The highest BCUT2D eigenvalue weighted by molar-refractivity contribution is 7.10. The molecule has 158 valence electrons. The Morgan fingerprint density at radius 3 is 2.47 bits per heavy atom. The first-order valence-corrected chi connectivity index (χ1v) is 10.4. The lowest BCUT2D eigenvalue weighted by molar-refractivity contribution is -0.137. The van der Waals surface area contributed by atoms with Gasteiger partial charge in [-0.2, -0.15) is 13.2 Å². The van der Waals surface area contributed by atoms with Crippen LogP contribution in [0.15, 0.2) is 70.7 Å². The van der Waals surface area contributed by atoms with E-state index in [0.717, 1.165) is 29.9 Å². The Morgan fingerprint density at radius 1 is 1.20 bits per heavy atom. The summed E-state index contributed by atoms with van der Waals surface area (Å²) < 4.78 is 43.2. The first-order valence-electron chi connectivity index (χ1n) is 9.48. The van der Waals surface area contributed by atoms with Gasteiger partial charge in [0.25, 0.3) is 0 Å². The second kappa shape index (κ2) is 9.34. The van der Waals surface area contributed by atoms with E-state index >= 15 is 0 Å². The summed E-state index contributed by atoms with van der Waals surface area (Å²) in [5, 5.41) is 1.96. The van der Waals surface area contributed by atoms with Gasteiger partial charge in [0.05, 0.1) is 17.9 Å². The van der Waals surface area contributed by atoms with Crippen molar-refractivity contribution in [3.8, 4) is 0 Å². The monoisotopic (exact) mass is 433 g/mol. The number of furan rings is 1. The average molecular weight is 433 g/mol. The van der Waals surface area contributed by atoms with Crippen LogP contribution in [0.1, 0.15) is 40.3 Å². The molecular formula is C23H22F3NO2S. The Hall–Kier alpha value is -2.80. The van der Waals surface area contributed by atoms with Crippen molar-refractivity contribution in [1.29, 1.82) is 0 Å². The van der Waals surface area contributed by atoms with Crippen molar-refractivity contribution in [2.75, 3.05) is 6.54 Å². The molecule has 1 aromatic carbocycles. The maximum atomic E-state index is 12.8. The van der Waals surface area contributed by atoms with E-state index in [4.69, 9.17) is 4.42 Å². The van der Waals surface area contributed by atoms with Crippen molar-refractivity contribution >= 4 is 17.2 Å². The predicted molar refractivity (Wildman–Crippen MR) is 111 cm³/mol. The number of thiophene rings is 1. The van der Waals surface area contributed by atoms with E-state index in [1.54, 1.807) is 35.5 Å². The topological polar surface area (TPSA) is 33.5 Å². The smallest absolute Gasteiger partial charge is 0.416 e. The summed E-state index contributed by atoms with van der Waals surface area (Å²) >= 11 is 1.62. The van der Waals surface area contributed by atoms with Crippen LogP contribution >= 0.6 is 11.3 Å². The summed E-state index contributed by atoms with van der Waals surface area (Å²) in [6.45, 7) is 4.24. The van der Waals surface area contributed by atoms with Gasteiger partial charge in [0, 0.05) is 11.4 Å². The molecule has 7 heteroatoms. The van der Waals surface area contributed by atoms with E-state index in [2.05, 4.69) is 0 Å². The third-order valence-electron chi connectivity index (χ3n) is 4.78. The molecule has 1 aliphatic rings. The zero-order chi connectivity index (χ0) is 21.7. The fraction of sp³-hybridized carbons (Fsp3) is 0.261. The maximum absolute atomic E-state index is 12.8. The fourth-order valence-electron chi connectivity index (χ4n) is 3.37. The molecule has 0 N–H and O–H groups in total. The van der Waals surface area contributed by atoms with Gasteiger partial charge in [0.2, 0.25) is 5.91 Å². The molecule has 1 amide bonds. The van der Waals surface area contributed by atoms with E-state index in [1.165, 1.54) is 23.1 Å². The SMILES string of the molecule is C/C=C/C(=O)N1CCc2sccc2C1c1ccc(C(F)(F)F)cc1.Cc1ccco1. The molecular weight excluding hydrogens is 411 g/mol. The molecule has 0 spiro atoms. The Labute approximate surface area is 177 Å². The number of fused-ring (bicyclic) bond motifs is 1. The highest BCUT2D eigenvalue weighted by atomic mass is 32.1. The van der Waals surface area contributed by atoms with Crippen LogP contribution in [0.2, 0.25) is 0 Å². The summed E-state index contributed by atoms with van der Waals surface area (Å²) in [5.41, 5.74) is 1.02. The number of benzene rings is 1. The molecule has 1 atom stereocenters. The van der Waals surface area contributed by atoms with E-state index in [0.29, 0.717) is 12.1 Å². The molecule has 2 aromatic heterocycles. The van der Waals surface area contributed by atoms with Gasteiger partial charge in [0.1, 0.15) is 5.76 Å². The highest BCUT2D eigenvalue weighted by Crippen LogP contribution is 2.39. The summed E-state index contributed by atoms with van der Waals surface area (Å²) in [5.74, 6) is 0.842. The van der Waals surface area contributed by atoms with Crippen LogP contribution < -0.4 is 0 Å². The van der Waals surface area contributed by atoms with Gasteiger partial charge < -0.3 is 9.32 Å². The lowest BCUT2D eigenvalue weighted by atomic mass is 9.92. The highest BCUT2D eigenvalue weighted by Gasteiger charge is 2.34. The van der Waals surface area contributed by atoms with Crippen LogP contribution in [-0.2, 0) is 17.4 Å². The number of halogens is 3. The van der Waals surface area contributed by atoms with Gasteiger partial charge >= 0.3 is 6.18 Å². The third-order valence-corrected chi connectivity index (χ3v) is 5.77. The Balaban J connectivity index is 0.000000367. The second-order valence-corrected chi connectivity index (χ2v) is 7.83. The Morgan fingerprint density at radius 2 is 1.93 bits per heavy atom. The van der Waals surface area contributed by atoms with Crippen molar-refractivity contribution in [2.45, 2.75) is 32.5 Å². The normalized spacial score (nSPS) is 16.2. The van der Waals surface area contributed by atoms with Crippen molar-refractivity contribution in [3.63, 3.8) is 0 Å². The zero-order valence-corrected chi connectivity index (χ0v) is 17.5. The van der Waals surface area contributed by atoms with E-state index in [-0.39, 0.29) is 11.9 Å². The predicted octanol–water partition coefficient (Wildman–Crippen LogP) is 6.41. The number of carbonyl (C=O) groups is 1. The van der Waals surface area contributed by atoms with Crippen LogP contribution in [0.25, 0.3) is 0 Å². The molecule has 1 aliphatic heterocycles. The zero-order valence-electron chi connectivity index (χ0n) is 16.6. The quantitative estimate of drug-likeness (QED) is 0.438. The number of rotatable bonds is 2. The van der Waals surface area contributed by atoms with Gasteiger partial charge in [-0.15, -0.1) is 11.3 Å². The molecule has 3 heterocycles. The first-order chi connectivity index (χ1) is 14.3. The molecule has 0 bridgehead atoms. The van der Waals surface area contributed by atoms with Crippen molar-refractivity contribution < 1.29 is 22.4 Å². The molecule has 1 unspecified atom stereocenters. The second-order valence-electron chi connectivity index (χ2n) is 6.83. The minimum absolute atomic E-state index is 0.126. The third kappa shape index (κ3) is 5.02. The number of hydrogen-bond acceptors (Lipinski definition) is 3. The summed E-state index contributed by atoms with van der Waals surface area (Å²) in [6, 6.07) is 10.5. The molecule has 0 saturated heterocycles. The Bertz CT molecular complexity index is 988. The maximum Gasteiger partial charge on any atom is 0.416 e. The summed E-state index contributed by atoms with van der Waals surface area (Å²) in [7, 11) is 0. The largest absolute Gasteiger partial charge is 0.470 e. The minimum atomic E-state index is -4.36. The lowest BCUT2D eigenvalue weighted by Crippen LogP contribution is -2.39. The van der Waals surface area contributed by atoms with Crippen molar-refractivity contribution in [2.24, 2.45) is 0 Å². The average Bonchev–Trinajstić information content (AvgIpc) is 3.38. The van der Waals surface area contributed by atoms with Gasteiger partial charge in [-0.3, -0.25) is 4.79 Å². The fourth-order valence-corrected chi connectivity index (χ4v) is 4.27. The van der Waals surface area contributed by atoms with Crippen LogP contribution in [0.4, 0.5) is 13.2 Å².